The maximum atomic E-state index is 14.0. The van der Waals surface area contributed by atoms with Crippen molar-refractivity contribution in [1.29, 1.82) is 0 Å². The number of sulfonamides is 1. The summed E-state index contributed by atoms with van der Waals surface area (Å²) >= 11 is 0. The molecule has 1 saturated heterocycles. The lowest BCUT2D eigenvalue weighted by Gasteiger charge is -2.36. The summed E-state index contributed by atoms with van der Waals surface area (Å²) in [5, 5.41) is 0. The van der Waals surface area contributed by atoms with Gasteiger partial charge in [-0.05, 0) is 31.2 Å². The third-order valence-electron chi connectivity index (χ3n) is 4.44. The van der Waals surface area contributed by atoms with Crippen LogP contribution in [0.15, 0.2) is 41.3 Å². The minimum atomic E-state index is -4.35. The van der Waals surface area contributed by atoms with E-state index in [0.717, 1.165) is 22.5 Å². The number of anilines is 1. The van der Waals surface area contributed by atoms with Gasteiger partial charge in [0.05, 0.1) is 11.3 Å². The second-order valence-corrected chi connectivity index (χ2v) is 8.01. The molecule has 3 rings (SSSR count). The zero-order valence-electron chi connectivity index (χ0n) is 14.5. The van der Waals surface area contributed by atoms with E-state index in [1.807, 2.05) is 0 Å². The highest BCUT2D eigenvalue weighted by atomic mass is 32.2. The van der Waals surface area contributed by atoms with Crippen molar-refractivity contribution in [3.8, 4) is 0 Å². The average Bonchev–Trinajstić information content (AvgIpc) is 2.61. The zero-order valence-corrected chi connectivity index (χ0v) is 15.3. The molecule has 144 valence electrons. The van der Waals surface area contributed by atoms with Crippen molar-refractivity contribution in [2.75, 3.05) is 31.1 Å². The molecule has 0 radical (unpaired) electrons. The molecular formula is C18H17F3N2O3S. The molecule has 0 bridgehead atoms. The highest BCUT2D eigenvalue weighted by molar-refractivity contribution is 7.89. The molecular weight excluding hydrogens is 381 g/mol. The minimum Gasteiger partial charge on any atom is -0.368 e. The first kappa shape index (κ1) is 19.4. The summed E-state index contributed by atoms with van der Waals surface area (Å²) in [4.78, 5) is 12.5. The fourth-order valence-corrected chi connectivity index (χ4v) is 4.68. The van der Waals surface area contributed by atoms with Gasteiger partial charge < -0.3 is 4.90 Å². The van der Waals surface area contributed by atoms with Crippen LogP contribution in [0.5, 0.6) is 0 Å². The summed E-state index contributed by atoms with van der Waals surface area (Å²) in [7, 11) is -4.35. The molecule has 2 aromatic rings. The van der Waals surface area contributed by atoms with E-state index in [-0.39, 0.29) is 31.7 Å². The van der Waals surface area contributed by atoms with Crippen LogP contribution < -0.4 is 4.90 Å². The van der Waals surface area contributed by atoms with Crippen LogP contribution in [0, 0.1) is 17.5 Å². The molecule has 1 aliphatic heterocycles. The number of halogens is 3. The fraction of sp³-hybridized carbons (Fsp3) is 0.278. The highest BCUT2D eigenvalue weighted by Crippen LogP contribution is 2.28. The Hall–Kier alpha value is -2.39. The molecule has 1 aliphatic rings. The average molecular weight is 398 g/mol. The van der Waals surface area contributed by atoms with Crippen LogP contribution in [0.3, 0.4) is 0 Å². The van der Waals surface area contributed by atoms with Crippen LogP contribution in [0.2, 0.25) is 0 Å². The summed E-state index contributed by atoms with van der Waals surface area (Å²) in [6.07, 6.45) is 0. The van der Waals surface area contributed by atoms with Gasteiger partial charge in [-0.15, -0.1) is 0 Å². The standard InChI is InChI=1S/C18H17F3N2O3S/c1-12(24)17-13(19)4-3-7-16(17)22-8-10-23(11-9-22)27(25,26)18-14(20)5-2-6-15(18)21/h2-7H,8-11H2,1H3. The zero-order chi connectivity index (χ0) is 19.8. The molecule has 27 heavy (non-hydrogen) atoms. The number of carbonyl (C=O) groups excluding carboxylic acids is 1. The number of rotatable bonds is 4. The molecule has 0 unspecified atom stereocenters. The van der Waals surface area contributed by atoms with Gasteiger partial charge in [0.15, 0.2) is 10.7 Å². The van der Waals surface area contributed by atoms with Crippen molar-refractivity contribution in [1.82, 2.24) is 4.31 Å². The molecule has 2 aromatic carbocycles. The van der Waals surface area contributed by atoms with E-state index in [4.69, 9.17) is 0 Å². The number of nitrogens with zero attached hydrogens (tertiary/aromatic N) is 2. The Balaban J connectivity index is 1.84. The van der Waals surface area contributed by atoms with E-state index in [2.05, 4.69) is 0 Å². The van der Waals surface area contributed by atoms with Gasteiger partial charge in [-0.3, -0.25) is 4.79 Å². The Morgan fingerprint density at radius 3 is 1.96 bits per heavy atom. The minimum absolute atomic E-state index is 0.0516. The third-order valence-corrected chi connectivity index (χ3v) is 6.39. The molecule has 0 atom stereocenters. The molecule has 5 nitrogen and oxygen atoms in total. The smallest absolute Gasteiger partial charge is 0.249 e. The fourth-order valence-electron chi connectivity index (χ4n) is 3.15. The topological polar surface area (TPSA) is 57.7 Å². The molecule has 0 amide bonds. The van der Waals surface area contributed by atoms with E-state index >= 15 is 0 Å². The maximum absolute atomic E-state index is 14.0. The Morgan fingerprint density at radius 2 is 1.41 bits per heavy atom. The number of benzene rings is 2. The van der Waals surface area contributed by atoms with Gasteiger partial charge >= 0.3 is 0 Å². The molecule has 0 saturated carbocycles. The lowest BCUT2D eigenvalue weighted by molar-refractivity contribution is 0.101. The van der Waals surface area contributed by atoms with Crippen LogP contribution in [-0.2, 0) is 10.0 Å². The summed E-state index contributed by atoms with van der Waals surface area (Å²) in [5.41, 5.74) is 0.311. The Kier molecular flexibility index (Phi) is 5.25. The van der Waals surface area contributed by atoms with Gasteiger partial charge in [-0.25, -0.2) is 21.6 Å². The number of Topliss-reactive ketones (excluding diaryl/α,β-unsaturated/α-hetero) is 1. The number of piperazine rings is 1. The molecule has 1 heterocycles. The molecule has 0 N–H and O–H groups in total. The Morgan fingerprint density at radius 1 is 0.889 bits per heavy atom. The van der Waals surface area contributed by atoms with Crippen LogP contribution in [0.25, 0.3) is 0 Å². The second kappa shape index (κ2) is 7.32. The summed E-state index contributed by atoms with van der Waals surface area (Å²) in [6.45, 7) is 1.45. The summed E-state index contributed by atoms with van der Waals surface area (Å²) < 4.78 is 68.0. The normalized spacial score (nSPS) is 15.8. The highest BCUT2D eigenvalue weighted by Gasteiger charge is 2.33. The van der Waals surface area contributed by atoms with Crippen LogP contribution in [0.1, 0.15) is 17.3 Å². The Labute approximate surface area is 155 Å². The van der Waals surface area contributed by atoms with Gasteiger partial charge in [0.2, 0.25) is 10.0 Å². The second-order valence-electron chi connectivity index (χ2n) is 6.13. The first-order valence-corrected chi connectivity index (χ1v) is 9.66. The van der Waals surface area contributed by atoms with Crippen molar-refractivity contribution in [3.05, 3.63) is 59.4 Å². The first-order valence-electron chi connectivity index (χ1n) is 8.22. The quantitative estimate of drug-likeness (QED) is 0.744. The van der Waals surface area contributed by atoms with Crippen LogP contribution in [0.4, 0.5) is 18.9 Å². The maximum Gasteiger partial charge on any atom is 0.249 e. The van der Waals surface area contributed by atoms with Crippen molar-refractivity contribution in [2.45, 2.75) is 11.8 Å². The molecule has 1 fully saturated rings. The predicted molar refractivity (Wildman–Crippen MR) is 93.7 cm³/mol. The van der Waals surface area contributed by atoms with E-state index in [1.54, 1.807) is 11.0 Å². The van der Waals surface area contributed by atoms with Crippen molar-refractivity contribution < 1.29 is 26.4 Å². The van der Waals surface area contributed by atoms with Crippen molar-refractivity contribution in [3.63, 3.8) is 0 Å². The summed E-state index contributed by atoms with van der Waals surface area (Å²) in [6, 6.07) is 7.10. The van der Waals surface area contributed by atoms with Crippen molar-refractivity contribution >= 4 is 21.5 Å². The molecule has 0 aliphatic carbocycles. The Bertz CT molecular complexity index is 967. The van der Waals surface area contributed by atoms with E-state index < -0.39 is 38.2 Å². The van der Waals surface area contributed by atoms with Gasteiger partial charge in [-0.2, -0.15) is 4.31 Å². The van der Waals surface area contributed by atoms with E-state index in [0.29, 0.717) is 5.69 Å². The van der Waals surface area contributed by atoms with Gasteiger partial charge in [0, 0.05) is 26.2 Å². The predicted octanol–water partition coefficient (Wildman–Crippen LogP) is 2.82. The van der Waals surface area contributed by atoms with E-state index in [9.17, 15) is 26.4 Å². The third kappa shape index (κ3) is 3.57. The van der Waals surface area contributed by atoms with Gasteiger partial charge in [0.1, 0.15) is 17.5 Å². The number of carbonyl (C=O) groups is 1. The number of hydrogen-bond donors (Lipinski definition) is 0. The lowest BCUT2D eigenvalue weighted by Crippen LogP contribution is -2.49. The lowest BCUT2D eigenvalue weighted by atomic mass is 10.1. The first-order chi connectivity index (χ1) is 12.7. The molecule has 0 spiro atoms. The van der Waals surface area contributed by atoms with Gasteiger partial charge in [0.25, 0.3) is 0 Å². The number of ketones is 1. The van der Waals surface area contributed by atoms with Gasteiger partial charge in [-0.1, -0.05) is 12.1 Å². The SMILES string of the molecule is CC(=O)c1c(F)cccc1N1CCN(S(=O)(=O)c2c(F)cccc2F)CC1. The van der Waals surface area contributed by atoms with E-state index in [1.165, 1.54) is 19.1 Å². The largest absolute Gasteiger partial charge is 0.368 e. The van der Waals surface area contributed by atoms with Crippen molar-refractivity contribution in [2.24, 2.45) is 0 Å². The number of hydrogen-bond acceptors (Lipinski definition) is 4. The summed E-state index contributed by atoms with van der Waals surface area (Å²) in [5.74, 6) is -3.39. The van der Waals surface area contributed by atoms with Crippen LogP contribution in [-0.4, -0.2) is 44.7 Å². The molecule has 9 heteroatoms. The van der Waals surface area contributed by atoms with Crippen LogP contribution >= 0.6 is 0 Å². The monoisotopic (exact) mass is 398 g/mol. The molecule has 0 aromatic heterocycles.